The molecule has 3 heteroatoms. The number of hydrogen-bond donors (Lipinski definition) is 1. The number of nitrogens with zero attached hydrogens (tertiary/aromatic N) is 2. The third-order valence-electron chi connectivity index (χ3n) is 6.56. The third kappa shape index (κ3) is 5.45. The maximum atomic E-state index is 10.4. The molecule has 0 spiro atoms. The summed E-state index contributed by atoms with van der Waals surface area (Å²) in [4.78, 5) is 9.45. The zero-order valence-corrected chi connectivity index (χ0v) is 20.5. The Hall–Kier alpha value is -2.52. The van der Waals surface area contributed by atoms with Gasteiger partial charge in [0.25, 0.3) is 0 Å². The van der Waals surface area contributed by atoms with Crippen molar-refractivity contribution >= 4 is 0 Å². The number of aromatic nitrogens is 2. The monoisotopic (exact) mass is 430 g/mol. The summed E-state index contributed by atoms with van der Waals surface area (Å²) in [5.41, 5.74) is 12.6. The van der Waals surface area contributed by atoms with Gasteiger partial charge in [-0.3, -0.25) is 9.97 Å². The van der Waals surface area contributed by atoms with Gasteiger partial charge in [0.1, 0.15) is 0 Å². The molecular weight excluding hydrogens is 392 g/mol. The molecule has 0 radical (unpaired) electrons. The van der Waals surface area contributed by atoms with Crippen LogP contribution in [0, 0.1) is 13.8 Å². The fourth-order valence-corrected chi connectivity index (χ4v) is 5.15. The lowest BCUT2D eigenvalue weighted by atomic mass is 9.80. The molecule has 0 aliphatic rings. The maximum Gasteiger partial charge on any atom is 0.0687 e. The van der Waals surface area contributed by atoms with Gasteiger partial charge in [0.15, 0.2) is 0 Å². The predicted molar refractivity (Wildman–Crippen MR) is 133 cm³/mol. The lowest BCUT2D eigenvalue weighted by Gasteiger charge is -2.25. The molecule has 0 atom stereocenters. The molecule has 1 aromatic carbocycles. The minimum Gasteiger partial charge on any atom is -0.392 e. The summed E-state index contributed by atoms with van der Waals surface area (Å²) < 4.78 is 0. The summed E-state index contributed by atoms with van der Waals surface area (Å²) in [6.07, 6.45) is 6.70. The van der Waals surface area contributed by atoms with Crippen molar-refractivity contribution in [2.75, 3.05) is 0 Å². The molecule has 3 nitrogen and oxygen atoms in total. The first kappa shape index (κ1) is 24.1. The Morgan fingerprint density at radius 2 is 0.969 bits per heavy atom. The lowest BCUT2D eigenvalue weighted by molar-refractivity contribution is 0.279. The molecule has 2 heterocycles. The molecule has 0 saturated heterocycles. The van der Waals surface area contributed by atoms with Crippen LogP contribution in [0.3, 0.4) is 0 Å². The third-order valence-corrected chi connectivity index (χ3v) is 6.56. The van der Waals surface area contributed by atoms with Gasteiger partial charge in [-0.25, -0.2) is 0 Å². The lowest BCUT2D eigenvalue weighted by Crippen LogP contribution is -2.15. The molecule has 3 aromatic rings. The van der Waals surface area contributed by atoms with Crippen LogP contribution < -0.4 is 0 Å². The van der Waals surface area contributed by atoms with Gasteiger partial charge in [0, 0.05) is 22.8 Å². The van der Waals surface area contributed by atoms with Gasteiger partial charge in [0.2, 0.25) is 0 Å². The summed E-state index contributed by atoms with van der Waals surface area (Å²) in [5, 5.41) is 10.4. The van der Waals surface area contributed by atoms with Crippen molar-refractivity contribution in [3.05, 3.63) is 92.6 Å². The second kappa shape index (κ2) is 11.4. The van der Waals surface area contributed by atoms with E-state index in [-0.39, 0.29) is 6.61 Å². The second-order valence-corrected chi connectivity index (χ2v) is 8.63. The van der Waals surface area contributed by atoms with Crippen LogP contribution in [0.4, 0.5) is 0 Å². The van der Waals surface area contributed by atoms with Crippen molar-refractivity contribution in [3.63, 3.8) is 0 Å². The van der Waals surface area contributed by atoms with E-state index in [9.17, 15) is 5.11 Å². The van der Waals surface area contributed by atoms with E-state index in [1.807, 2.05) is 0 Å². The summed E-state index contributed by atoms with van der Waals surface area (Å²) in [6.45, 7) is 10.9. The highest BCUT2D eigenvalue weighted by molar-refractivity contribution is 5.53. The van der Waals surface area contributed by atoms with Gasteiger partial charge in [-0.05, 0) is 116 Å². The molecule has 0 bridgehead atoms. The molecule has 170 valence electrons. The zero-order valence-electron chi connectivity index (χ0n) is 20.5. The van der Waals surface area contributed by atoms with Gasteiger partial charge in [0.05, 0.1) is 6.61 Å². The Bertz CT molecular complexity index is 977. The van der Waals surface area contributed by atoms with Gasteiger partial charge in [-0.15, -0.1) is 0 Å². The van der Waals surface area contributed by atoms with Crippen LogP contribution >= 0.6 is 0 Å². The highest BCUT2D eigenvalue weighted by Crippen LogP contribution is 2.32. The SMILES string of the molecule is CCc1c(CO)c(CC)c(CCc2cccc(C)n2)c(CC)c1CCc1cccc(C)n1. The Kier molecular flexibility index (Phi) is 8.58. The number of pyridine rings is 2. The predicted octanol–water partition coefficient (Wildman–Crippen LogP) is 5.84. The number of aryl methyl sites for hydroxylation is 4. The fraction of sp³-hybridized carbons (Fsp3) is 0.448. The summed E-state index contributed by atoms with van der Waals surface area (Å²) in [7, 11) is 0. The van der Waals surface area contributed by atoms with Gasteiger partial charge < -0.3 is 5.11 Å². The van der Waals surface area contributed by atoms with Crippen LogP contribution in [0.1, 0.15) is 76.9 Å². The molecule has 2 aromatic heterocycles. The van der Waals surface area contributed by atoms with Crippen molar-refractivity contribution in [1.82, 2.24) is 9.97 Å². The number of benzene rings is 1. The van der Waals surface area contributed by atoms with Crippen LogP contribution in [-0.4, -0.2) is 15.1 Å². The van der Waals surface area contributed by atoms with Crippen LogP contribution in [0.2, 0.25) is 0 Å². The van der Waals surface area contributed by atoms with Crippen LogP contribution in [-0.2, 0) is 51.6 Å². The normalized spacial score (nSPS) is 11.2. The van der Waals surface area contributed by atoms with Crippen LogP contribution in [0.5, 0.6) is 0 Å². The van der Waals surface area contributed by atoms with Crippen molar-refractivity contribution in [3.8, 4) is 0 Å². The fourth-order valence-electron chi connectivity index (χ4n) is 5.15. The summed E-state index contributed by atoms with van der Waals surface area (Å²) in [5.74, 6) is 0. The van der Waals surface area contributed by atoms with E-state index in [0.29, 0.717) is 0 Å². The van der Waals surface area contributed by atoms with E-state index in [4.69, 9.17) is 9.97 Å². The Morgan fingerprint density at radius 3 is 1.31 bits per heavy atom. The van der Waals surface area contributed by atoms with E-state index in [1.54, 1.807) is 0 Å². The van der Waals surface area contributed by atoms with Crippen molar-refractivity contribution in [2.24, 2.45) is 0 Å². The molecule has 0 unspecified atom stereocenters. The topological polar surface area (TPSA) is 46.0 Å². The molecule has 0 saturated carbocycles. The number of hydrogen-bond acceptors (Lipinski definition) is 3. The van der Waals surface area contributed by atoms with Gasteiger partial charge >= 0.3 is 0 Å². The van der Waals surface area contributed by atoms with E-state index in [2.05, 4.69) is 71.0 Å². The molecular formula is C29H38N2O. The number of aliphatic hydroxyl groups is 1. The summed E-state index contributed by atoms with van der Waals surface area (Å²) in [6, 6.07) is 12.5. The second-order valence-electron chi connectivity index (χ2n) is 8.63. The minimum atomic E-state index is 0.113. The maximum absolute atomic E-state index is 10.4. The molecule has 0 fully saturated rings. The van der Waals surface area contributed by atoms with E-state index in [0.717, 1.165) is 73.3 Å². The van der Waals surface area contributed by atoms with Crippen molar-refractivity contribution < 1.29 is 5.11 Å². The minimum absolute atomic E-state index is 0.113. The highest BCUT2D eigenvalue weighted by Gasteiger charge is 2.21. The zero-order chi connectivity index (χ0) is 23.1. The standard InChI is InChI=1S/C29H38N2O/c1-6-24-27(17-15-22-13-9-11-20(4)30-22)25(7-2)29(19-32)26(8-3)28(24)18-16-23-14-10-12-21(5)31-23/h9-14,32H,6-8,15-19H2,1-5H3. The summed E-state index contributed by atoms with van der Waals surface area (Å²) >= 11 is 0. The molecule has 32 heavy (non-hydrogen) atoms. The van der Waals surface area contributed by atoms with Gasteiger partial charge in [-0.1, -0.05) is 32.9 Å². The average Bonchev–Trinajstić information content (AvgIpc) is 2.80. The number of aliphatic hydroxyl groups excluding tert-OH is 1. The molecule has 3 rings (SSSR count). The van der Waals surface area contributed by atoms with E-state index in [1.165, 1.54) is 27.8 Å². The smallest absolute Gasteiger partial charge is 0.0687 e. The Labute approximate surface area is 194 Å². The molecule has 0 aliphatic carbocycles. The molecule has 0 aliphatic heterocycles. The van der Waals surface area contributed by atoms with Crippen molar-refractivity contribution in [2.45, 2.75) is 86.2 Å². The van der Waals surface area contributed by atoms with Gasteiger partial charge in [-0.2, -0.15) is 0 Å². The number of rotatable bonds is 10. The van der Waals surface area contributed by atoms with Crippen molar-refractivity contribution in [1.29, 1.82) is 0 Å². The molecule has 1 N–H and O–H groups in total. The van der Waals surface area contributed by atoms with E-state index >= 15 is 0 Å². The first-order chi connectivity index (χ1) is 15.5. The quantitative estimate of drug-likeness (QED) is 0.439. The first-order valence-corrected chi connectivity index (χ1v) is 12.1. The molecule has 0 amide bonds. The largest absolute Gasteiger partial charge is 0.392 e. The highest BCUT2D eigenvalue weighted by atomic mass is 16.3. The first-order valence-electron chi connectivity index (χ1n) is 12.1. The van der Waals surface area contributed by atoms with E-state index < -0.39 is 0 Å². The Balaban J connectivity index is 2.04. The average molecular weight is 431 g/mol. The van der Waals surface area contributed by atoms with Crippen LogP contribution in [0.15, 0.2) is 36.4 Å². The Morgan fingerprint density at radius 1 is 0.562 bits per heavy atom. The van der Waals surface area contributed by atoms with Crippen LogP contribution in [0.25, 0.3) is 0 Å².